The number of fused-ring (bicyclic) bond motifs is 1. The number of benzene rings is 1. The average molecular weight is 151 g/mol. The van der Waals surface area contributed by atoms with E-state index in [-0.39, 0.29) is 6.10 Å². The van der Waals surface area contributed by atoms with Gasteiger partial charge < -0.3 is 10.6 Å². The highest BCUT2D eigenvalue weighted by atomic mass is 17.2. The molecule has 1 aromatic rings. The summed E-state index contributed by atoms with van der Waals surface area (Å²) in [5.74, 6) is 0.781. The molecule has 0 amide bonds. The fourth-order valence-electron chi connectivity index (χ4n) is 1.15. The van der Waals surface area contributed by atoms with E-state index >= 15 is 0 Å². The van der Waals surface area contributed by atoms with E-state index in [2.05, 4.69) is 0 Å². The van der Waals surface area contributed by atoms with E-state index in [1.54, 1.807) is 0 Å². The van der Waals surface area contributed by atoms with E-state index in [4.69, 9.17) is 15.5 Å². The molecule has 0 aromatic heterocycles. The van der Waals surface area contributed by atoms with Crippen LogP contribution in [0.4, 0.5) is 0 Å². The van der Waals surface area contributed by atoms with E-state index in [0.717, 1.165) is 11.3 Å². The molecule has 3 heteroatoms. The monoisotopic (exact) mass is 151 g/mol. The molecule has 3 nitrogen and oxygen atoms in total. The molecule has 0 fully saturated rings. The van der Waals surface area contributed by atoms with Crippen LogP contribution in [-0.2, 0) is 4.89 Å². The maximum absolute atomic E-state index is 5.44. The molecular formula is C8H9NO2. The maximum atomic E-state index is 5.44. The van der Waals surface area contributed by atoms with Crippen LogP contribution in [-0.4, -0.2) is 6.54 Å². The molecular weight excluding hydrogens is 142 g/mol. The molecule has 0 bridgehead atoms. The van der Waals surface area contributed by atoms with Crippen LogP contribution in [0.5, 0.6) is 5.75 Å². The number of para-hydroxylation sites is 1. The van der Waals surface area contributed by atoms with Gasteiger partial charge in [-0.3, -0.25) is 0 Å². The van der Waals surface area contributed by atoms with Gasteiger partial charge in [-0.15, -0.1) is 0 Å². The third-order valence-electron chi connectivity index (χ3n) is 1.73. The van der Waals surface area contributed by atoms with Crippen molar-refractivity contribution in [1.29, 1.82) is 0 Å². The highest BCUT2D eigenvalue weighted by Gasteiger charge is 2.23. The van der Waals surface area contributed by atoms with Gasteiger partial charge in [0.1, 0.15) is 6.10 Å². The summed E-state index contributed by atoms with van der Waals surface area (Å²) < 4.78 is 0. The van der Waals surface area contributed by atoms with Crippen LogP contribution in [0.2, 0.25) is 0 Å². The first-order valence-electron chi connectivity index (χ1n) is 3.54. The van der Waals surface area contributed by atoms with Crippen LogP contribution >= 0.6 is 0 Å². The Labute approximate surface area is 64.7 Å². The molecule has 1 unspecified atom stereocenters. The highest BCUT2D eigenvalue weighted by Crippen LogP contribution is 2.33. The van der Waals surface area contributed by atoms with Gasteiger partial charge >= 0.3 is 0 Å². The van der Waals surface area contributed by atoms with Gasteiger partial charge in [0.25, 0.3) is 0 Å². The minimum absolute atomic E-state index is 0.0915. The smallest absolute Gasteiger partial charge is 0.171 e. The van der Waals surface area contributed by atoms with E-state index in [0.29, 0.717) is 6.54 Å². The Morgan fingerprint density at radius 3 is 3.00 bits per heavy atom. The lowest BCUT2D eigenvalue weighted by Crippen LogP contribution is -2.11. The summed E-state index contributed by atoms with van der Waals surface area (Å²) in [6, 6.07) is 7.67. The molecule has 0 aliphatic carbocycles. The van der Waals surface area contributed by atoms with Crippen molar-refractivity contribution < 1.29 is 9.78 Å². The third-order valence-corrected chi connectivity index (χ3v) is 1.73. The van der Waals surface area contributed by atoms with Gasteiger partial charge in [-0.25, -0.2) is 0 Å². The van der Waals surface area contributed by atoms with Gasteiger partial charge in [-0.05, 0) is 6.07 Å². The summed E-state index contributed by atoms with van der Waals surface area (Å²) in [5, 5.41) is 0. The Morgan fingerprint density at radius 2 is 2.18 bits per heavy atom. The molecule has 2 N–H and O–H groups in total. The van der Waals surface area contributed by atoms with Gasteiger partial charge in [-0.2, -0.15) is 4.89 Å². The van der Waals surface area contributed by atoms with Crippen LogP contribution in [0.1, 0.15) is 11.7 Å². The first-order chi connectivity index (χ1) is 5.42. The van der Waals surface area contributed by atoms with E-state index in [1.165, 1.54) is 0 Å². The first kappa shape index (κ1) is 6.64. The molecule has 2 rings (SSSR count). The van der Waals surface area contributed by atoms with Crippen molar-refractivity contribution in [2.45, 2.75) is 6.10 Å². The van der Waals surface area contributed by atoms with Gasteiger partial charge in [-0.1, -0.05) is 18.2 Å². The topological polar surface area (TPSA) is 44.5 Å². The van der Waals surface area contributed by atoms with Crippen molar-refractivity contribution in [3.05, 3.63) is 29.8 Å². The number of hydrogen-bond acceptors (Lipinski definition) is 3. The van der Waals surface area contributed by atoms with Crippen LogP contribution < -0.4 is 10.6 Å². The zero-order valence-electron chi connectivity index (χ0n) is 5.99. The molecule has 0 saturated heterocycles. The second-order valence-electron chi connectivity index (χ2n) is 2.44. The zero-order chi connectivity index (χ0) is 7.68. The van der Waals surface area contributed by atoms with Crippen molar-refractivity contribution in [2.24, 2.45) is 5.73 Å². The fourth-order valence-corrected chi connectivity index (χ4v) is 1.15. The first-order valence-corrected chi connectivity index (χ1v) is 3.54. The summed E-state index contributed by atoms with van der Waals surface area (Å²) in [7, 11) is 0. The van der Waals surface area contributed by atoms with Crippen molar-refractivity contribution in [3.63, 3.8) is 0 Å². The van der Waals surface area contributed by atoms with Crippen molar-refractivity contribution >= 4 is 0 Å². The van der Waals surface area contributed by atoms with Gasteiger partial charge in [0.2, 0.25) is 0 Å². The molecule has 1 heterocycles. The summed E-state index contributed by atoms with van der Waals surface area (Å²) in [4.78, 5) is 9.87. The van der Waals surface area contributed by atoms with Crippen LogP contribution in [0.3, 0.4) is 0 Å². The molecule has 58 valence electrons. The highest BCUT2D eigenvalue weighted by molar-refractivity contribution is 5.36. The van der Waals surface area contributed by atoms with Crippen LogP contribution in [0.15, 0.2) is 24.3 Å². The van der Waals surface area contributed by atoms with Crippen LogP contribution in [0.25, 0.3) is 0 Å². The standard InChI is InChI=1S/C8H9NO2/c9-5-8-6-3-1-2-4-7(6)10-11-8/h1-4,8H,5,9H2. The average Bonchev–Trinajstić information content (AvgIpc) is 2.47. The Hall–Kier alpha value is -1.06. The SMILES string of the molecule is NCC1OOc2ccccc21. The maximum Gasteiger partial charge on any atom is 0.171 e. The minimum atomic E-state index is -0.0915. The molecule has 1 aliphatic rings. The van der Waals surface area contributed by atoms with Gasteiger partial charge in [0.05, 0.1) is 0 Å². The molecule has 11 heavy (non-hydrogen) atoms. The number of nitrogens with two attached hydrogens (primary N) is 1. The Balaban J connectivity index is 2.39. The normalized spacial score (nSPS) is 21.0. The Kier molecular flexibility index (Phi) is 1.52. The van der Waals surface area contributed by atoms with Crippen molar-refractivity contribution in [2.75, 3.05) is 6.54 Å². The molecule has 0 radical (unpaired) electrons. The lowest BCUT2D eigenvalue weighted by molar-refractivity contribution is -0.220. The second-order valence-corrected chi connectivity index (χ2v) is 2.44. The van der Waals surface area contributed by atoms with Gasteiger partial charge in [0, 0.05) is 12.1 Å². The summed E-state index contributed by atoms with van der Waals surface area (Å²) in [6.07, 6.45) is -0.0915. The molecule has 0 saturated carbocycles. The predicted molar refractivity (Wildman–Crippen MR) is 40.0 cm³/mol. The second kappa shape index (κ2) is 2.53. The third kappa shape index (κ3) is 0.982. The number of rotatable bonds is 1. The molecule has 1 aromatic carbocycles. The zero-order valence-corrected chi connectivity index (χ0v) is 5.99. The van der Waals surface area contributed by atoms with E-state index < -0.39 is 0 Å². The summed E-state index contributed by atoms with van der Waals surface area (Å²) in [6.45, 7) is 0.455. The quantitative estimate of drug-likeness (QED) is 0.609. The van der Waals surface area contributed by atoms with E-state index in [9.17, 15) is 0 Å². The summed E-state index contributed by atoms with van der Waals surface area (Å²) >= 11 is 0. The summed E-state index contributed by atoms with van der Waals surface area (Å²) in [5.41, 5.74) is 6.48. The van der Waals surface area contributed by atoms with Crippen molar-refractivity contribution in [3.8, 4) is 5.75 Å². The largest absolute Gasteiger partial charge is 0.336 e. The lowest BCUT2D eigenvalue weighted by Gasteiger charge is -2.00. The van der Waals surface area contributed by atoms with Crippen LogP contribution in [0, 0.1) is 0 Å². The number of hydrogen-bond donors (Lipinski definition) is 1. The van der Waals surface area contributed by atoms with Gasteiger partial charge in [0.15, 0.2) is 5.75 Å². The van der Waals surface area contributed by atoms with E-state index in [1.807, 2.05) is 24.3 Å². The Bertz CT molecular complexity index is 262. The fraction of sp³-hybridized carbons (Fsp3) is 0.250. The lowest BCUT2D eigenvalue weighted by atomic mass is 10.1. The molecule has 0 spiro atoms. The minimum Gasteiger partial charge on any atom is -0.336 e. The van der Waals surface area contributed by atoms with Crippen molar-refractivity contribution in [1.82, 2.24) is 0 Å². The predicted octanol–water partition coefficient (Wildman–Crippen LogP) is 1.01. The molecule has 1 aliphatic heterocycles. The molecule has 1 atom stereocenters. The Morgan fingerprint density at radius 1 is 1.36 bits per heavy atom.